The number of nitrogens with zero attached hydrogens (tertiary/aromatic N) is 1. The summed E-state index contributed by atoms with van der Waals surface area (Å²) in [6.07, 6.45) is 2.66. The molecule has 3 aromatic rings. The summed E-state index contributed by atoms with van der Waals surface area (Å²) in [7, 11) is 0. The zero-order valence-electron chi connectivity index (χ0n) is 13.0. The van der Waals surface area contributed by atoms with Gasteiger partial charge in [0.1, 0.15) is 6.04 Å². The summed E-state index contributed by atoms with van der Waals surface area (Å²) < 4.78 is 18.8. The molecule has 0 spiro atoms. The molecule has 2 aromatic heterocycles. The number of nitrogens with two attached hydrogens (primary N) is 1. The monoisotopic (exact) mass is 346 g/mol. The minimum Gasteiger partial charge on any atom is -0.443 e. The fourth-order valence-electron chi connectivity index (χ4n) is 2.44. The van der Waals surface area contributed by atoms with E-state index in [1.165, 1.54) is 0 Å². The van der Waals surface area contributed by atoms with Crippen molar-refractivity contribution >= 4 is 16.9 Å². The van der Waals surface area contributed by atoms with Gasteiger partial charge in [0.15, 0.2) is 6.73 Å². The first kappa shape index (κ1) is 16.7. The molecule has 0 fully saturated rings. The number of H-pyrrole nitrogens is 2. The predicted molar refractivity (Wildman–Crippen MR) is 87.4 cm³/mol. The van der Waals surface area contributed by atoms with Gasteiger partial charge in [-0.3, -0.25) is 19.1 Å². The van der Waals surface area contributed by atoms with Gasteiger partial charge in [-0.1, -0.05) is 18.2 Å². The Morgan fingerprint density at radius 1 is 1.32 bits per heavy atom. The SMILES string of the molecule is N[C@@H](Cc1c[nH]c2ccccc12)C(=O)OCn1cc(F)c(=O)[nH]c1=O. The topological polar surface area (TPSA) is 123 Å². The Bertz CT molecular complexity index is 1040. The van der Waals surface area contributed by atoms with E-state index in [4.69, 9.17) is 10.5 Å². The summed E-state index contributed by atoms with van der Waals surface area (Å²) in [6.45, 7) is -0.549. The first-order chi connectivity index (χ1) is 12.0. The Morgan fingerprint density at radius 2 is 2.08 bits per heavy atom. The Labute approximate surface area is 140 Å². The second-order valence-corrected chi connectivity index (χ2v) is 5.47. The minimum absolute atomic E-state index is 0.234. The number of halogens is 1. The van der Waals surface area contributed by atoms with Crippen molar-refractivity contribution in [2.24, 2.45) is 5.73 Å². The molecule has 9 heteroatoms. The Hall–Kier alpha value is -3.20. The van der Waals surface area contributed by atoms with Crippen LogP contribution in [0.1, 0.15) is 5.56 Å². The van der Waals surface area contributed by atoms with Crippen molar-refractivity contribution < 1.29 is 13.9 Å². The highest BCUT2D eigenvalue weighted by molar-refractivity contribution is 5.84. The molecule has 0 aliphatic rings. The van der Waals surface area contributed by atoms with E-state index < -0.39 is 35.8 Å². The lowest BCUT2D eigenvalue weighted by molar-refractivity contribution is -0.149. The highest BCUT2D eigenvalue weighted by Gasteiger charge is 2.18. The number of esters is 1. The number of aromatic amines is 2. The van der Waals surface area contributed by atoms with Crippen molar-refractivity contribution in [3.05, 3.63) is 68.9 Å². The van der Waals surface area contributed by atoms with Crippen LogP contribution in [-0.2, 0) is 22.7 Å². The van der Waals surface area contributed by atoms with Gasteiger partial charge in [-0.25, -0.2) is 4.79 Å². The lowest BCUT2D eigenvalue weighted by Crippen LogP contribution is -2.37. The van der Waals surface area contributed by atoms with Crippen LogP contribution in [0.2, 0.25) is 0 Å². The number of benzene rings is 1. The molecule has 0 radical (unpaired) electrons. The summed E-state index contributed by atoms with van der Waals surface area (Å²) in [5, 5.41) is 0.949. The van der Waals surface area contributed by atoms with Crippen molar-refractivity contribution in [1.29, 1.82) is 0 Å². The molecular weight excluding hydrogens is 331 g/mol. The van der Waals surface area contributed by atoms with Crippen molar-refractivity contribution in [3.8, 4) is 0 Å². The number of carbonyl (C=O) groups excluding carboxylic acids is 1. The molecule has 1 aromatic carbocycles. The van der Waals surface area contributed by atoms with E-state index in [0.29, 0.717) is 6.20 Å². The molecule has 0 bridgehead atoms. The van der Waals surface area contributed by atoms with Crippen LogP contribution in [0.25, 0.3) is 10.9 Å². The molecule has 130 valence electrons. The third-order valence-electron chi connectivity index (χ3n) is 3.73. The standard InChI is InChI=1S/C16H15FN4O4/c17-11-7-21(16(24)20-14(11)22)8-25-15(23)12(18)5-9-6-19-13-4-2-1-3-10(9)13/h1-4,6-7,12,19H,5,8,18H2,(H,20,22,24)/t12-/m0/s1. The van der Waals surface area contributed by atoms with Gasteiger partial charge in [-0.2, -0.15) is 4.39 Å². The molecule has 0 amide bonds. The Kier molecular flexibility index (Phi) is 4.48. The van der Waals surface area contributed by atoms with Gasteiger partial charge in [-0.15, -0.1) is 0 Å². The predicted octanol–water partition coefficient (Wildman–Crippen LogP) is 0.228. The third kappa shape index (κ3) is 3.50. The smallest absolute Gasteiger partial charge is 0.331 e. The molecule has 8 nitrogen and oxygen atoms in total. The number of fused-ring (bicyclic) bond motifs is 1. The van der Waals surface area contributed by atoms with Crippen LogP contribution >= 0.6 is 0 Å². The van der Waals surface area contributed by atoms with E-state index in [1.54, 1.807) is 11.2 Å². The molecule has 2 heterocycles. The molecule has 1 atom stereocenters. The van der Waals surface area contributed by atoms with Gasteiger partial charge in [0.2, 0.25) is 5.82 Å². The molecule has 0 saturated carbocycles. The van der Waals surface area contributed by atoms with Crippen LogP contribution in [0.3, 0.4) is 0 Å². The molecule has 0 unspecified atom stereocenters. The normalized spacial score (nSPS) is 12.2. The molecule has 3 rings (SSSR count). The first-order valence-electron chi connectivity index (χ1n) is 7.42. The largest absolute Gasteiger partial charge is 0.443 e. The van der Waals surface area contributed by atoms with E-state index >= 15 is 0 Å². The number of aromatic nitrogens is 3. The molecule has 0 aliphatic carbocycles. The van der Waals surface area contributed by atoms with Crippen molar-refractivity contribution in [2.45, 2.75) is 19.2 Å². The van der Waals surface area contributed by atoms with Gasteiger partial charge in [0, 0.05) is 23.5 Å². The number of nitrogens with one attached hydrogen (secondary N) is 2. The maximum atomic E-state index is 13.2. The van der Waals surface area contributed by atoms with Gasteiger partial charge < -0.3 is 15.5 Å². The van der Waals surface area contributed by atoms with E-state index in [9.17, 15) is 18.8 Å². The average molecular weight is 346 g/mol. The summed E-state index contributed by atoms with van der Waals surface area (Å²) in [5.74, 6) is -1.90. The zero-order valence-corrected chi connectivity index (χ0v) is 13.0. The lowest BCUT2D eigenvalue weighted by atomic mass is 10.1. The van der Waals surface area contributed by atoms with Crippen molar-refractivity contribution in [2.75, 3.05) is 0 Å². The van der Waals surface area contributed by atoms with Crippen LogP contribution in [0.15, 0.2) is 46.2 Å². The second kappa shape index (κ2) is 6.73. The average Bonchev–Trinajstić information content (AvgIpc) is 2.99. The van der Waals surface area contributed by atoms with E-state index in [-0.39, 0.29) is 6.42 Å². The number of carbonyl (C=O) groups is 1. The number of hydrogen-bond acceptors (Lipinski definition) is 5. The second-order valence-electron chi connectivity index (χ2n) is 5.47. The highest BCUT2D eigenvalue weighted by atomic mass is 19.1. The first-order valence-corrected chi connectivity index (χ1v) is 7.42. The van der Waals surface area contributed by atoms with Crippen LogP contribution < -0.4 is 17.0 Å². The van der Waals surface area contributed by atoms with E-state index in [0.717, 1.165) is 21.0 Å². The van der Waals surface area contributed by atoms with E-state index in [2.05, 4.69) is 4.98 Å². The van der Waals surface area contributed by atoms with E-state index in [1.807, 2.05) is 24.3 Å². The Balaban J connectivity index is 1.66. The zero-order chi connectivity index (χ0) is 18.0. The van der Waals surface area contributed by atoms with Crippen molar-refractivity contribution in [1.82, 2.24) is 14.5 Å². The maximum Gasteiger partial charge on any atom is 0.331 e. The Morgan fingerprint density at radius 3 is 2.88 bits per heavy atom. The summed E-state index contributed by atoms with van der Waals surface area (Å²) in [5.41, 5.74) is 5.61. The maximum absolute atomic E-state index is 13.2. The minimum atomic E-state index is -1.15. The summed E-state index contributed by atoms with van der Waals surface area (Å²) in [4.78, 5) is 39.3. The number of hydrogen-bond donors (Lipinski definition) is 3. The molecule has 0 aliphatic heterocycles. The summed E-state index contributed by atoms with van der Waals surface area (Å²) >= 11 is 0. The van der Waals surface area contributed by atoms with Gasteiger partial charge in [0.05, 0.1) is 6.20 Å². The number of para-hydroxylation sites is 1. The van der Waals surface area contributed by atoms with Crippen LogP contribution in [0.4, 0.5) is 4.39 Å². The van der Waals surface area contributed by atoms with Crippen LogP contribution in [-0.4, -0.2) is 26.5 Å². The summed E-state index contributed by atoms with van der Waals surface area (Å²) in [6, 6.07) is 6.61. The fourth-order valence-corrected chi connectivity index (χ4v) is 2.44. The quantitative estimate of drug-likeness (QED) is 0.571. The van der Waals surface area contributed by atoms with Gasteiger partial charge in [-0.05, 0) is 11.6 Å². The van der Waals surface area contributed by atoms with Gasteiger partial charge >= 0.3 is 11.7 Å². The third-order valence-corrected chi connectivity index (χ3v) is 3.73. The molecule has 4 N–H and O–H groups in total. The molecular formula is C16H15FN4O4. The van der Waals surface area contributed by atoms with Gasteiger partial charge in [0.25, 0.3) is 5.56 Å². The highest BCUT2D eigenvalue weighted by Crippen LogP contribution is 2.18. The molecule has 0 saturated heterocycles. The van der Waals surface area contributed by atoms with Crippen LogP contribution in [0.5, 0.6) is 0 Å². The molecule has 25 heavy (non-hydrogen) atoms. The fraction of sp³-hybridized carbons (Fsp3) is 0.188. The van der Waals surface area contributed by atoms with Crippen molar-refractivity contribution in [3.63, 3.8) is 0 Å². The van der Waals surface area contributed by atoms with Crippen LogP contribution in [0, 0.1) is 5.82 Å². The lowest BCUT2D eigenvalue weighted by Gasteiger charge is -2.12. The number of rotatable bonds is 5. The number of ether oxygens (including phenoxy) is 1.